The molecule has 1 aromatic rings. The summed E-state index contributed by atoms with van der Waals surface area (Å²) in [4.78, 5) is 24.0. The third-order valence-electron chi connectivity index (χ3n) is 4.40. The van der Waals surface area contributed by atoms with Gasteiger partial charge in [-0.2, -0.15) is 5.10 Å². The van der Waals surface area contributed by atoms with Gasteiger partial charge in [0.25, 0.3) is 0 Å². The Morgan fingerprint density at radius 3 is 2.63 bits per heavy atom. The number of allylic oxidation sites excluding steroid dienone is 3. The van der Waals surface area contributed by atoms with Gasteiger partial charge in [-0.15, -0.1) is 0 Å². The van der Waals surface area contributed by atoms with E-state index < -0.39 is 0 Å². The molecule has 0 spiro atoms. The number of nitrogens with zero attached hydrogens (tertiary/aromatic N) is 1. The molecule has 1 aliphatic carbocycles. The Morgan fingerprint density at radius 1 is 1.26 bits per heavy atom. The van der Waals surface area contributed by atoms with Gasteiger partial charge < -0.3 is 5.32 Å². The second-order valence-electron chi connectivity index (χ2n) is 6.64. The summed E-state index contributed by atoms with van der Waals surface area (Å²) in [5.74, 6) is -0.275. The first-order valence-corrected chi connectivity index (χ1v) is 9.44. The van der Waals surface area contributed by atoms with Crippen molar-refractivity contribution >= 4 is 46.4 Å². The quantitative estimate of drug-likeness (QED) is 0.507. The molecule has 0 saturated heterocycles. The minimum Gasteiger partial charge on any atom is -0.325 e. The minimum atomic E-state index is -0.315. The topological polar surface area (TPSA) is 70.6 Å². The molecule has 0 bridgehead atoms. The van der Waals surface area contributed by atoms with Crippen LogP contribution in [0, 0.1) is 5.92 Å². The van der Waals surface area contributed by atoms with Gasteiger partial charge in [-0.1, -0.05) is 41.4 Å². The third kappa shape index (κ3) is 6.52. The summed E-state index contributed by atoms with van der Waals surface area (Å²) >= 11 is 11.8. The number of nitrogens with one attached hydrogen (secondary N) is 2. The van der Waals surface area contributed by atoms with E-state index in [-0.39, 0.29) is 24.7 Å². The highest BCUT2D eigenvalue weighted by Gasteiger charge is 2.19. The van der Waals surface area contributed by atoms with Crippen molar-refractivity contribution in [3.05, 3.63) is 52.0 Å². The Hall–Kier alpha value is -2.11. The lowest BCUT2D eigenvalue weighted by molar-refractivity contribution is -0.124. The van der Waals surface area contributed by atoms with E-state index in [1.165, 1.54) is 0 Å². The molecule has 0 saturated carbocycles. The molecule has 1 aromatic carbocycles. The van der Waals surface area contributed by atoms with Crippen molar-refractivity contribution in [2.24, 2.45) is 11.0 Å². The molecule has 0 heterocycles. The Labute approximate surface area is 169 Å². The average Bonchev–Trinajstić information content (AvgIpc) is 2.61. The number of hydrazone groups is 1. The van der Waals surface area contributed by atoms with E-state index >= 15 is 0 Å². The molecule has 2 amide bonds. The van der Waals surface area contributed by atoms with E-state index in [4.69, 9.17) is 23.2 Å². The maximum Gasteiger partial charge on any atom is 0.240 e. The van der Waals surface area contributed by atoms with Crippen LogP contribution in [0.4, 0.5) is 5.69 Å². The number of anilines is 1. The Bertz CT molecular complexity index is 815. The second kappa shape index (κ2) is 9.72. The van der Waals surface area contributed by atoms with Crippen LogP contribution < -0.4 is 10.7 Å². The van der Waals surface area contributed by atoms with Crippen molar-refractivity contribution in [2.45, 2.75) is 39.5 Å². The predicted octanol–water partition coefficient (Wildman–Crippen LogP) is 5.12. The first-order valence-electron chi connectivity index (χ1n) is 8.69. The van der Waals surface area contributed by atoms with Gasteiger partial charge in [0.05, 0.1) is 16.4 Å². The monoisotopic (exact) mass is 407 g/mol. The van der Waals surface area contributed by atoms with Crippen LogP contribution in [0.25, 0.3) is 0 Å². The van der Waals surface area contributed by atoms with Gasteiger partial charge in [0.15, 0.2) is 0 Å². The van der Waals surface area contributed by atoms with Crippen molar-refractivity contribution in [2.75, 3.05) is 5.32 Å². The fourth-order valence-corrected chi connectivity index (χ4v) is 3.10. The van der Waals surface area contributed by atoms with Crippen LogP contribution in [0.1, 0.15) is 39.5 Å². The molecular weight excluding hydrogens is 385 g/mol. The average molecular weight is 408 g/mol. The molecule has 1 unspecified atom stereocenters. The lowest BCUT2D eigenvalue weighted by atomic mass is 9.85. The number of carbonyl (C=O) groups excluding carboxylic acids is 2. The molecule has 1 aliphatic rings. The molecule has 0 radical (unpaired) electrons. The van der Waals surface area contributed by atoms with E-state index in [1.807, 2.05) is 13.8 Å². The van der Waals surface area contributed by atoms with Gasteiger partial charge in [0.2, 0.25) is 11.8 Å². The maximum absolute atomic E-state index is 12.0. The number of halogens is 2. The standard InChI is InChI=1S/C20H23Cl2N3O2/c1-12(2)14-5-4-13(3)18(10-14)24-25-20(27)9-8-19(26)23-17-7-6-15(21)11-16(17)22/h4,6-7,11,14H,1,5,8-10H2,2-3H3,(H,23,26)(H,25,27). The van der Waals surface area contributed by atoms with Gasteiger partial charge in [0, 0.05) is 17.9 Å². The molecule has 7 heteroatoms. The number of hydrogen-bond donors (Lipinski definition) is 2. The summed E-state index contributed by atoms with van der Waals surface area (Å²) in [7, 11) is 0. The molecule has 0 aromatic heterocycles. The first-order chi connectivity index (χ1) is 12.8. The van der Waals surface area contributed by atoms with Crippen LogP contribution in [0.3, 0.4) is 0 Å². The van der Waals surface area contributed by atoms with Crippen molar-refractivity contribution in [1.29, 1.82) is 0 Å². The van der Waals surface area contributed by atoms with Crippen LogP contribution in [0.15, 0.2) is 47.1 Å². The molecule has 5 nitrogen and oxygen atoms in total. The lowest BCUT2D eigenvalue weighted by Gasteiger charge is -2.22. The van der Waals surface area contributed by atoms with E-state index in [9.17, 15) is 9.59 Å². The van der Waals surface area contributed by atoms with Gasteiger partial charge >= 0.3 is 0 Å². The van der Waals surface area contributed by atoms with Crippen molar-refractivity contribution in [3.8, 4) is 0 Å². The summed E-state index contributed by atoms with van der Waals surface area (Å²) in [6, 6.07) is 4.79. The summed E-state index contributed by atoms with van der Waals surface area (Å²) in [5.41, 5.74) is 6.01. The van der Waals surface area contributed by atoms with Crippen LogP contribution in [-0.4, -0.2) is 17.5 Å². The highest BCUT2D eigenvalue weighted by Crippen LogP contribution is 2.27. The summed E-state index contributed by atoms with van der Waals surface area (Å²) in [6.45, 7) is 7.97. The van der Waals surface area contributed by atoms with E-state index in [0.29, 0.717) is 21.7 Å². The summed E-state index contributed by atoms with van der Waals surface area (Å²) in [5, 5.41) is 7.71. The maximum atomic E-state index is 12.0. The lowest BCUT2D eigenvalue weighted by Crippen LogP contribution is -2.24. The highest BCUT2D eigenvalue weighted by atomic mass is 35.5. The molecule has 144 valence electrons. The normalized spacial score (nSPS) is 18.0. The largest absolute Gasteiger partial charge is 0.325 e. The number of hydrogen-bond acceptors (Lipinski definition) is 3. The van der Waals surface area contributed by atoms with Crippen LogP contribution in [0.2, 0.25) is 10.0 Å². The number of carbonyl (C=O) groups is 2. The molecule has 2 N–H and O–H groups in total. The Balaban J connectivity index is 1.83. The van der Waals surface area contributed by atoms with Gasteiger partial charge in [-0.05, 0) is 56.4 Å². The third-order valence-corrected chi connectivity index (χ3v) is 4.95. The van der Waals surface area contributed by atoms with E-state index in [2.05, 4.69) is 28.5 Å². The van der Waals surface area contributed by atoms with Crippen LogP contribution in [0.5, 0.6) is 0 Å². The molecule has 27 heavy (non-hydrogen) atoms. The van der Waals surface area contributed by atoms with Crippen LogP contribution in [-0.2, 0) is 9.59 Å². The van der Waals surface area contributed by atoms with Crippen LogP contribution >= 0.6 is 23.2 Å². The molecule has 2 rings (SSSR count). The number of amides is 2. The highest BCUT2D eigenvalue weighted by molar-refractivity contribution is 6.36. The molecule has 0 fully saturated rings. The van der Waals surface area contributed by atoms with E-state index in [1.54, 1.807) is 18.2 Å². The van der Waals surface area contributed by atoms with Crippen molar-refractivity contribution < 1.29 is 9.59 Å². The smallest absolute Gasteiger partial charge is 0.240 e. The fourth-order valence-electron chi connectivity index (χ4n) is 2.64. The second-order valence-corrected chi connectivity index (χ2v) is 7.48. The van der Waals surface area contributed by atoms with Gasteiger partial charge in [-0.3, -0.25) is 9.59 Å². The zero-order valence-electron chi connectivity index (χ0n) is 15.4. The Kier molecular flexibility index (Phi) is 7.63. The molecule has 1 atom stereocenters. The van der Waals surface area contributed by atoms with E-state index in [0.717, 1.165) is 29.7 Å². The fraction of sp³-hybridized carbons (Fsp3) is 0.350. The molecule has 0 aliphatic heterocycles. The van der Waals surface area contributed by atoms with Gasteiger partial charge in [-0.25, -0.2) is 5.43 Å². The predicted molar refractivity (Wildman–Crippen MR) is 111 cm³/mol. The van der Waals surface area contributed by atoms with Gasteiger partial charge in [0.1, 0.15) is 0 Å². The SMILES string of the molecule is C=C(C)C1CC=C(C)C(=NNC(=O)CCC(=O)Nc2ccc(Cl)cc2Cl)C1. The minimum absolute atomic E-state index is 0.0266. The molecular formula is C20H23Cl2N3O2. The first kappa shape index (κ1) is 21.2. The number of benzene rings is 1. The zero-order chi connectivity index (χ0) is 20.0. The summed E-state index contributed by atoms with van der Waals surface area (Å²) < 4.78 is 0. The summed E-state index contributed by atoms with van der Waals surface area (Å²) in [6.07, 6.45) is 3.87. The van der Waals surface area contributed by atoms with Crippen molar-refractivity contribution in [1.82, 2.24) is 5.43 Å². The van der Waals surface area contributed by atoms with Crippen molar-refractivity contribution in [3.63, 3.8) is 0 Å². The Morgan fingerprint density at radius 2 is 1.96 bits per heavy atom. The number of rotatable bonds is 6. The zero-order valence-corrected chi connectivity index (χ0v) is 17.0.